The number of esters is 1. The molecule has 27 heavy (non-hydrogen) atoms. The lowest BCUT2D eigenvalue weighted by Crippen LogP contribution is -2.60. The summed E-state index contributed by atoms with van der Waals surface area (Å²) in [6.45, 7) is 1.64. The molecular weight excluding hydrogens is 416 g/mol. The van der Waals surface area contributed by atoms with Gasteiger partial charge in [0.2, 0.25) is 0 Å². The fraction of sp³-hybridized carbons (Fsp3) is 0.750. The number of halogens is 1. The summed E-state index contributed by atoms with van der Waals surface area (Å²) >= 11 is 3.42. The lowest BCUT2D eigenvalue weighted by atomic mass is 9.52. The molecule has 4 atom stereocenters. The van der Waals surface area contributed by atoms with Gasteiger partial charge in [-0.25, -0.2) is 0 Å². The van der Waals surface area contributed by atoms with Gasteiger partial charge < -0.3 is 4.74 Å². The highest BCUT2D eigenvalue weighted by Gasteiger charge is 2.64. The van der Waals surface area contributed by atoms with Gasteiger partial charge >= 0.3 is 5.97 Å². The van der Waals surface area contributed by atoms with Gasteiger partial charge in [0.25, 0.3) is 0 Å². The molecule has 0 N–H and O–H groups in total. The normalized spacial score (nSPS) is 35.9. The molecule has 0 saturated heterocycles. The highest BCUT2D eigenvalue weighted by molar-refractivity contribution is 9.10. The van der Waals surface area contributed by atoms with E-state index in [-0.39, 0.29) is 67.6 Å². The molecular formula is C20H25BrO6. The summed E-state index contributed by atoms with van der Waals surface area (Å²) in [4.78, 5) is 62.4. The molecule has 3 rings (SSSR count). The Morgan fingerprint density at radius 2 is 1.74 bits per heavy atom. The Labute approximate surface area is 166 Å². The van der Waals surface area contributed by atoms with Gasteiger partial charge in [-0.2, -0.15) is 0 Å². The van der Waals surface area contributed by atoms with E-state index in [4.69, 9.17) is 4.74 Å². The van der Waals surface area contributed by atoms with Gasteiger partial charge in [-0.3, -0.25) is 24.0 Å². The van der Waals surface area contributed by atoms with Crippen molar-refractivity contribution in [3.05, 3.63) is 0 Å². The number of hydrogen-bond acceptors (Lipinski definition) is 6. The van der Waals surface area contributed by atoms with E-state index in [2.05, 4.69) is 15.9 Å². The van der Waals surface area contributed by atoms with Crippen molar-refractivity contribution in [1.29, 1.82) is 0 Å². The summed E-state index contributed by atoms with van der Waals surface area (Å²) in [6, 6.07) is 0. The second kappa shape index (κ2) is 7.22. The van der Waals surface area contributed by atoms with Crippen LogP contribution < -0.4 is 0 Å². The molecule has 7 heteroatoms. The number of methoxy groups -OCH3 is 1. The van der Waals surface area contributed by atoms with Crippen molar-refractivity contribution in [2.24, 2.45) is 22.7 Å². The molecule has 0 spiro atoms. The summed E-state index contributed by atoms with van der Waals surface area (Å²) in [7, 11) is 1.26. The first kappa shape index (κ1) is 20.4. The van der Waals surface area contributed by atoms with Crippen molar-refractivity contribution in [2.45, 2.75) is 63.1 Å². The number of Topliss-reactive ketones (excluding diaryl/α,β-unsaturated/α-hetero) is 4. The van der Waals surface area contributed by atoms with Crippen LogP contribution in [0.5, 0.6) is 0 Å². The molecule has 0 aromatic carbocycles. The van der Waals surface area contributed by atoms with Crippen molar-refractivity contribution < 1.29 is 28.7 Å². The minimum absolute atomic E-state index is 0.0338. The van der Waals surface area contributed by atoms with E-state index in [1.54, 1.807) is 6.92 Å². The number of alkyl halides is 1. The van der Waals surface area contributed by atoms with Crippen LogP contribution >= 0.6 is 15.9 Å². The van der Waals surface area contributed by atoms with Crippen LogP contribution in [0.1, 0.15) is 58.3 Å². The average Bonchev–Trinajstić information content (AvgIpc) is 2.89. The van der Waals surface area contributed by atoms with Crippen molar-refractivity contribution in [3.8, 4) is 0 Å². The minimum atomic E-state index is -1.36. The Morgan fingerprint density at radius 1 is 1.11 bits per heavy atom. The summed E-state index contributed by atoms with van der Waals surface area (Å²) < 4.78 is 5.05. The standard InChI is InChI=1S/C20H25BrO6/c1-19(14(23)6-7-15(19)24)9-8-12-17(21)13(22)10-11-4-3-5-16(25)20(11,12)18(26)27-2/h11-12,17H,3-10H2,1-2H3/t11-,12-,17?,20+/m0/s1. The van der Waals surface area contributed by atoms with E-state index in [9.17, 15) is 24.0 Å². The Bertz CT molecular complexity index is 687. The van der Waals surface area contributed by atoms with Crippen molar-refractivity contribution in [1.82, 2.24) is 0 Å². The molecule has 0 aromatic rings. The SMILES string of the molecule is COC(=O)[C@]12C(=O)CCC[C@H]1CC(=O)C(Br)[C@@H]2CCC1(C)C(=O)CCC1=O. The summed E-state index contributed by atoms with van der Waals surface area (Å²) in [5.41, 5.74) is -2.45. The molecule has 3 aliphatic rings. The van der Waals surface area contributed by atoms with E-state index in [1.807, 2.05) is 0 Å². The summed E-state index contributed by atoms with van der Waals surface area (Å²) in [5, 5.41) is 0. The highest BCUT2D eigenvalue weighted by Crippen LogP contribution is 2.55. The van der Waals surface area contributed by atoms with Crippen LogP contribution in [-0.4, -0.2) is 41.0 Å². The fourth-order valence-corrected chi connectivity index (χ4v) is 6.25. The van der Waals surface area contributed by atoms with E-state index in [0.29, 0.717) is 12.8 Å². The molecule has 3 fully saturated rings. The van der Waals surface area contributed by atoms with Gasteiger partial charge in [0.15, 0.2) is 5.78 Å². The maximum atomic E-state index is 13.1. The Kier molecular flexibility index (Phi) is 5.45. The van der Waals surface area contributed by atoms with Gasteiger partial charge in [0.1, 0.15) is 22.8 Å². The zero-order chi connectivity index (χ0) is 20.0. The topological polar surface area (TPSA) is 94.6 Å². The number of ketones is 4. The first-order chi connectivity index (χ1) is 12.7. The third-order valence-electron chi connectivity index (χ3n) is 7.04. The van der Waals surface area contributed by atoms with E-state index in [0.717, 1.165) is 0 Å². The molecule has 3 saturated carbocycles. The van der Waals surface area contributed by atoms with Gasteiger partial charge in [-0.15, -0.1) is 0 Å². The van der Waals surface area contributed by atoms with Crippen LogP contribution in [0.4, 0.5) is 0 Å². The summed E-state index contributed by atoms with van der Waals surface area (Å²) in [5.74, 6) is -1.98. The molecule has 0 radical (unpaired) electrons. The number of carbonyl (C=O) groups excluding carboxylic acids is 5. The molecule has 0 bridgehead atoms. The van der Waals surface area contributed by atoms with Gasteiger partial charge in [-0.1, -0.05) is 15.9 Å². The maximum Gasteiger partial charge on any atom is 0.319 e. The van der Waals surface area contributed by atoms with E-state index in [1.165, 1.54) is 7.11 Å². The number of fused-ring (bicyclic) bond motifs is 1. The van der Waals surface area contributed by atoms with E-state index >= 15 is 0 Å². The fourth-order valence-electron chi connectivity index (χ4n) is 5.39. The highest BCUT2D eigenvalue weighted by atomic mass is 79.9. The zero-order valence-corrected chi connectivity index (χ0v) is 17.3. The largest absolute Gasteiger partial charge is 0.468 e. The quantitative estimate of drug-likeness (QED) is 0.378. The molecule has 0 amide bonds. The molecule has 6 nitrogen and oxygen atoms in total. The van der Waals surface area contributed by atoms with E-state index < -0.39 is 27.5 Å². The van der Waals surface area contributed by atoms with Crippen molar-refractivity contribution in [3.63, 3.8) is 0 Å². The van der Waals surface area contributed by atoms with Crippen molar-refractivity contribution >= 4 is 45.0 Å². The van der Waals surface area contributed by atoms with Gasteiger partial charge in [-0.05, 0) is 38.5 Å². The second-order valence-corrected chi connectivity index (χ2v) is 9.26. The van der Waals surface area contributed by atoms with Crippen LogP contribution in [0.2, 0.25) is 0 Å². The Balaban J connectivity index is 1.99. The third-order valence-corrected chi connectivity index (χ3v) is 8.19. The molecule has 0 aliphatic heterocycles. The lowest BCUT2D eigenvalue weighted by Gasteiger charge is -2.50. The Hall–Kier alpha value is -1.37. The smallest absolute Gasteiger partial charge is 0.319 e. The van der Waals surface area contributed by atoms with Crippen LogP contribution in [0.15, 0.2) is 0 Å². The number of rotatable bonds is 4. The average molecular weight is 441 g/mol. The van der Waals surface area contributed by atoms with Crippen molar-refractivity contribution in [2.75, 3.05) is 7.11 Å². The number of carbonyl (C=O) groups is 5. The first-order valence-electron chi connectivity index (χ1n) is 9.54. The molecule has 0 aromatic heterocycles. The first-order valence-corrected chi connectivity index (χ1v) is 10.5. The second-order valence-electron chi connectivity index (χ2n) is 8.27. The number of ether oxygens (including phenoxy) is 1. The van der Waals surface area contributed by atoms with Crippen LogP contribution in [-0.2, 0) is 28.7 Å². The molecule has 148 valence electrons. The van der Waals surface area contributed by atoms with Crippen LogP contribution in [0.25, 0.3) is 0 Å². The lowest BCUT2D eigenvalue weighted by molar-refractivity contribution is -0.174. The molecule has 3 aliphatic carbocycles. The maximum absolute atomic E-state index is 13.1. The van der Waals surface area contributed by atoms with Gasteiger partial charge in [0, 0.05) is 31.6 Å². The van der Waals surface area contributed by atoms with Crippen LogP contribution in [0, 0.1) is 22.7 Å². The molecule has 1 unspecified atom stereocenters. The predicted octanol–water partition coefficient (Wildman–Crippen LogP) is 2.59. The van der Waals surface area contributed by atoms with Gasteiger partial charge in [0.05, 0.1) is 17.4 Å². The predicted molar refractivity (Wildman–Crippen MR) is 99.2 cm³/mol. The number of hydrogen-bond donors (Lipinski definition) is 0. The molecule has 0 heterocycles. The monoisotopic (exact) mass is 440 g/mol. The third kappa shape index (κ3) is 2.93. The zero-order valence-electron chi connectivity index (χ0n) is 15.7. The minimum Gasteiger partial charge on any atom is -0.468 e. The summed E-state index contributed by atoms with van der Waals surface area (Å²) in [6.07, 6.45) is 2.71. The van der Waals surface area contributed by atoms with Crippen LogP contribution in [0.3, 0.4) is 0 Å². The Morgan fingerprint density at radius 3 is 2.33 bits per heavy atom.